The first-order chi connectivity index (χ1) is 12.6. The molecule has 1 aliphatic carbocycles. The van der Waals surface area contributed by atoms with Crippen molar-refractivity contribution in [3.05, 3.63) is 40.9 Å². The van der Waals surface area contributed by atoms with E-state index in [1.807, 2.05) is 37.3 Å². The topological polar surface area (TPSA) is 96.0 Å². The maximum absolute atomic E-state index is 12.8. The Bertz CT molecular complexity index is 756. The number of carbonyl (C=O) groups excluding carboxylic acids is 2. The summed E-state index contributed by atoms with van der Waals surface area (Å²) in [7, 11) is 0. The van der Waals surface area contributed by atoms with Gasteiger partial charge in [0.2, 0.25) is 5.13 Å². The molecule has 3 N–H and O–H groups in total. The SMILES string of the molecule is CCc1nnc(NC(=O)C2(NC(=O)NCc3ccccc3)CCCC2)s1. The van der Waals surface area contributed by atoms with E-state index in [1.165, 1.54) is 11.3 Å². The van der Waals surface area contributed by atoms with Crippen molar-refractivity contribution in [3.63, 3.8) is 0 Å². The van der Waals surface area contributed by atoms with Gasteiger partial charge in [0.1, 0.15) is 10.5 Å². The molecule has 3 rings (SSSR count). The fourth-order valence-electron chi connectivity index (χ4n) is 3.09. The monoisotopic (exact) mass is 373 g/mol. The number of carbonyl (C=O) groups is 2. The summed E-state index contributed by atoms with van der Waals surface area (Å²) in [5, 5.41) is 17.9. The second-order valence-electron chi connectivity index (χ2n) is 6.39. The standard InChI is InChI=1S/C18H23N5O2S/c1-2-14-22-23-17(26-14)20-15(24)18(10-6-7-11-18)21-16(25)19-12-13-8-4-3-5-9-13/h3-5,8-9H,2,6-7,10-12H2,1H3,(H2,19,21,25)(H,20,23,24). The van der Waals surface area contributed by atoms with Crippen molar-refractivity contribution in [1.29, 1.82) is 0 Å². The molecule has 1 aromatic carbocycles. The van der Waals surface area contributed by atoms with Crippen LogP contribution in [0.15, 0.2) is 30.3 Å². The maximum Gasteiger partial charge on any atom is 0.315 e. The first-order valence-corrected chi connectivity index (χ1v) is 9.67. The summed E-state index contributed by atoms with van der Waals surface area (Å²) >= 11 is 1.36. The third-order valence-electron chi connectivity index (χ3n) is 4.53. The Kier molecular flexibility index (Phi) is 5.82. The molecule has 0 saturated heterocycles. The number of benzene rings is 1. The molecule has 7 nitrogen and oxygen atoms in total. The number of rotatable bonds is 6. The highest BCUT2D eigenvalue weighted by Gasteiger charge is 2.42. The van der Waals surface area contributed by atoms with Crippen LogP contribution in [-0.4, -0.2) is 27.7 Å². The van der Waals surface area contributed by atoms with Crippen LogP contribution in [0.1, 0.15) is 43.2 Å². The van der Waals surface area contributed by atoms with Crippen LogP contribution in [-0.2, 0) is 17.8 Å². The zero-order chi connectivity index (χ0) is 18.4. The van der Waals surface area contributed by atoms with E-state index >= 15 is 0 Å². The second-order valence-corrected chi connectivity index (χ2v) is 7.45. The van der Waals surface area contributed by atoms with Crippen LogP contribution in [0.2, 0.25) is 0 Å². The fraction of sp³-hybridized carbons (Fsp3) is 0.444. The van der Waals surface area contributed by atoms with Crippen molar-refractivity contribution in [2.75, 3.05) is 5.32 Å². The summed E-state index contributed by atoms with van der Waals surface area (Å²) in [5.74, 6) is -0.219. The van der Waals surface area contributed by atoms with Crippen molar-refractivity contribution in [2.24, 2.45) is 0 Å². The van der Waals surface area contributed by atoms with Crippen molar-refractivity contribution in [2.45, 2.75) is 51.1 Å². The molecule has 2 aromatic rings. The summed E-state index contributed by atoms with van der Waals surface area (Å²) in [6.45, 7) is 2.41. The van der Waals surface area contributed by atoms with Gasteiger partial charge in [-0.05, 0) is 24.8 Å². The van der Waals surface area contributed by atoms with Gasteiger partial charge in [-0.3, -0.25) is 10.1 Å². The van der Waals surface area contributed by atoms with E-state index in [0.29, 0.717) is 24.5 Å². The molecular formula is C18H23N5O2S. The number of aryl methyl sites for hydroxylation is 1. The summed E-state index contributed by atoms with van der Waals surface area (Å²) in [5.41, 5.74) is 0.118. The fourth-order valence-corrected chi connectivity index (χ4v) is 3.77. The summed E-state index contributed by atoms with van der Waals surface area (Å²) in [6, 6.07) is 9.33. The molecule has 0 atom stereocenters. The van der Waals surface area contributed by atoms with Crippen LogP contribution >= 0.6 is 11.3 Å². The number of nitrogens with one attached hydrogen (secondary N) is 3. The lowest BCUT2D eigenvalue weighted by Crippen LogP contribution is -2.57. The molecule has 1 fully saturated rings. The first-order valence-electron chi connectivity index (χ1n) is 8.85. The van der Waals surface area contributed by atoms with Crippen LogP contribution in [0.3, 0.4) is 0 Å². The zero-order valence-corrected chi connectivity index (χ0v) is 15.6. The minimum absolute atomic E-state index is 0.219. The smallest absolute Gasteiger partial charge is 0.315 e. The number of hydrogen-bond acceptors (Lipinski definition) is 5. The van der Waals surface area contributed by atoms with E-state index in [1.54, 1.807) is 0 Å². The predicted octanol–water partition coefficient (Wildman–Crippen LogP) is 2.85. The minimum Gasteiger partial charge on any atom is -0.334 e. The number of urea groups is 1. The Balaban J connectivity index is 1.61. The molecule has 1 heterocycles. The Morgan fingerprint density at radius 3 is 2.54 bits per heavy atom. The molecule has 0 radical (unpaired) electrons. The summed E-state index contributed by atoms with van der Waals surface area (Å²) < 4.78 is 0. The first kappa shape index (κ1) is 18.3. The van der Waals surface area contributed by atoms with Gasteiger partial charge in [0, 0.05) is 6.54 Å². The Labute approximate surface area is 156 Å². The lowest BCUT2D eigenvalue weighted by Gasteiger charge is -2.28. The van der Waals surface area contributed by atoms with Gasteiger partial charge in [-0.2, -0.15) is 0 Å². The number of anilines is 1. The molecule has 1 aliphatic rings. The van der Waals surface area contributed by atoms with Gasteiger partial charge >= 0.3 is 6.03 Å². The maximum atomic E-state index is 12.8. The molecule has 8 heteroatoms. The molecule has 1 saturated carbocycles. The van der Waals surface area contributed by atoms with Gasteiger partial charge in [-0.1, -0.05) is 61.4 Å². The highest BCUT2D eigenvalue weighted by Crippen LogP contribution is 2.31. The van der Waals surface area contributed by atoms with Crippen molar-refractivity contribution in [3.8, 4) is 0 Å². The molecule has 0 spiro atoms. The van der Waals surface area contributed by atoms with Gasteiger partial charge in [-0.25, -0.2) is 4.79 Å². The second kappa shape index (κ2) is 8.27. The number of aromatic nitrogens is 2. The van der Waals surface area contributed by atoms with Gasteiger partial charge in [0.15, 0.2) is 0 Å². The highest BCUT2D eigenvalue weighted by atomic mass is 32.1. The third-order valence-corrected chi connectivity index (χ3v) is 5.51. The van der Waals surface area contributed by atoms with E-state index in [4.69, 9.17) is 0 Å². The van der Waals surface area contributed by atoms with E-state index in [0.717, 1.165) is 29.8 Å². The highest BCUT2D eigenvalue weighted by molar-refractivity contribution is 7.15. The van der Waals surface area contributed by atoms with Gasteiger partial charge in [-0.15, -0.1) is 10.2 Å². The third kappa shape index (κ3) is 4.37. The van der Waals surface area contributed by atoms with Gasteiger partial charge in [0.05, 0.1) is 0 Å². The van der Waals surface area contributed by atoms with Crippen LogP contribution in [0, 0.1) is 0 Å². The number of hydrogen-bond donors (Lipinski definition) is 3. The molecule has 1 aromatic heterocycles. The minimum atomic E-state index is -0.890. The molecule has 138 valence electrons. The average Bonchev–Trinajstić information content (AvgIpc) is 3.31. The van der Waals surface area contributed by atoms with Gasteiger partial charge in [0.25, 0.3) is 5.91 Å². The van der Waals surface area contributed by atoms with E-state index in [9.17, 15) is 9.59 Å². The van der Waals surface area contributed by atoms with E-state index in [2.05, 4.69) is 26.1 Å². The van der Waals surface area contributed by atoms with Crippen molar-refractivity contribution in [1.82, 2.24) is 20.8 Å². The van der Waals surface area contributed by atoms with Gasteiger partial charge < -0.3 is 10.6 Å². The van der Waals surface area contributed by atoms with Crippen LogP contribution in [0.25, 0.3) is 0 Å². The van der Waals surface area contributed by atoms with Crippen LogP contribution in [0.4, 0.5) is 9.93 Å². The molecule has 0 aliphatic heterocycles. The lowest BCUT2D eigenvalue weighted by molar-refractivity contribution is -0.121. The predicted molar refractivity (Wildman–Crippen MR) is 101 cm³/mol. The summed E-state index contributed by atoms with van der Waals surface area (Å²) in [6.07, 6.45) is 3.83. The van der Waals surface area contributed by atoms with E-state index < -0.39 is 5.54 Å². The number of amides is 3. The average molecular weight is 373 g/mol. The lowest BCUT2D eigenvalue weighted by atomic mass is 9.96. The Morgan fingerprint density at radius 2 is 1.88 bits per heavy atom. The molecule has 0 unspecified atom stereocenters. The zero-order valence-electron chi connectivity index (χ0n) is 14.7. The molecule has 26 heavy (non-hydrogen) atoms. The molecular weight excluding hydrogens is 350 g/mol. The Hall–Kier alpha value is -2.48. The van der Waals surface area contributed by atoms with Crippen molar-refractivity contribution < 1.29 is 9.59 Å². The van der Waals surface area contributed by atoms with Crippen LogP contribution in [0.5, 0.6) is 0 Å². The largest absolute Gasteiger partial charge is 0.334 e. The summed E-state index contributed by atoms with van der Waals surface area (Å²) in [4.78, 5) is 25.2. The normalized spacial score (nSPS) is 15.4. The Morgan fingerprint density at radius 1 is 1.15 bits per heavy atom. The van der Waals surface area contributed by atoms with E-state index in [-0.39, 0.29) is 11.9 Å². The molecule has 3 amide bonds. The molecule has 0 bridgehead atoms. The van der Waals surface area contributed by atoms with Crippen LogP contribution < -0.4 is 16.0 Å². The van der Waals surface area contributed by atoms with Crippen molar-refractivity contribution >= 4 is 28.4 Å². The quantitative estimate of drug-likeness (QED) is 0.725. The number of nitrogens with zero attached hydrogens (tertiary/aromatic N) is 2.